The van der Waals surface area contributed by atoms with Crippen molar-refractivity contribution < 1.29 is 9.21 Å². The molecule has 2 N–H and O–H groups in total. The lowest BCUT2D eigenvalue weighted by Crippen LogP contribution is -2.42. The summed E-state index contributed by atoms with van der Waals surface area (Å²) in [7, 11) is 0. The molecular weight excluding hydrogens is 286 g/mol. The van der Waals surface area contributed by atoms with Crippen molar-refractivity contribution >= 4 is 17.2 Å². The number of aryl methyl sites for hydroxylation is 1. The molecule has 2 aromatic heterocycles. The number of nitrogens with one attached hydrogen (secondary N) is 2. The Morgan fingerprint density at radius 1 is 1.48 bits per heavy atom. The zero-order valence-electron chi connectivity index (χ0n) is 11.8. The molecule has 4 rings (SSSR count). The quantitative estimate of drug-likeness (QED) is 0.913. The number of carbonyl (C=O) groups excluding carboxylic acids is 1. The Hall–Kier alpha value is -1.66. The maximum atomic E-state index is 12.3. The van der Waals surface area contributed by atoms with Gasteiger partial charge in [-0.05, 0) is 38.3 Å². The van der Waals surface area contributed by atoms with E-state index in [0.717, 1.165) is 17.0 Å². The van der Waals surface area contributed by atoms with Crippen LogP contribution in [-0.4, -0.2) is 29.0 Å². The van der Waals surface area contributed by atoms with Crippen molar-refractivity contribution in [2.75, 3.05) is 0 Å². The number of carbonyl (C=O) groups is 1. The molecule has 21 heavy (non-hydrogen) atoms. The van der Waals surface area contributed by atoms with E-state index < -0.39 is 0 Å². The van der Waals surface area contributed by atoms with Crippen molar-refractivity contribution in [3.05, 3.63) is 29.0 Å². The van der Waals surface area contributed by atoms with Gasteiger partial charge in [0.1, 0.15) is 6.26 Å². The van der Waals surface area contributed by atoms with Crippen LogP contribution in [0.5, 0.6) is 0 Å². The third kappa shape index (κ3) is 2.38. The smallest absolute Gasteiger partial charge is 0.261 e. The summed E-state index contributed by atoms with van der Waals surface area (Å²) in [6, 6.07) is 5.05. The Balaban J connectivity index is 1.46. The highest BCUT2D eigenvalue weighted by Gasteiger charge is 2.39. The second-order valence-electron chi connectivity index (χ2n) is 5.82. The van der Waals surface area contributed by atoms with Crippen molar-refractivity contribution in [1.29, 1.82) is 0 Å². The van der Waals surface area contributed by atoms with Crippen LogP contribution in [0, 0.1) is 6.92 Å². The number of nitrogens with zero attached hydrogens (tertiary/aromatic N) is 1. The van der Waals surface area contributed by atoms with E-state index in [4.69, 9.17) is 4.42 Å². The predicted octanol–water partition coefficient (Wildman–Crippen LogP) is 2.33. The molecule has 5 nitrogen and oxygen atoms in total. The van der Waals surface area contributed by atoms with Crippen LogP contribution in [-0.2, 0) is 0 Å². The molecule has 2 aromatic rings. The molecule has 3 atom stereocenters. The van der Waals surface area contributed by atoms with Gasteiger partial charge in [-0.2, -0.15) is 0 Å². The maximum absolute atomic E-state index is 12.3. The lowest BCUT2D eigenvalue weighted by Gasteiger charge is -2.20. The van der Waals surface area contributed by atoms with Gasteiger partial charge in [0, 0.05) is 18.1 Å². The Labute approximate surface area is 126 Å². The number of hydrogen-bond donors (Lipinski definition) is 2. The Kier molecular flexibility index (Phi) is 3.08. The van der Waals surface area contributed by atoms with Crippen LogP contribution >= 0.6 is 11.3 Å². The number of oxazole rings is 1. The van der Waals surface area contributed by atoms with E-state index in [-0.39, 0.29) is 11.9 Å². The molecular formula is C15H17N3O2S. The molecule has 0 aromatic carbocycles. The van der Waals surface area contributed by atoms with Gasteiger partial charge in [0.05, 0.1) is 15.4 Å². The molecule has 3 unspecified atom stereocenters. The average Bonchev–Trinajstić information content (AvgIpc) is 3.22. The van der Waals surface area contributed by atoms with Gasteiger partial charge in [-0.25, -0.2) is 4.98 Å². The summed E-state index contributed by atoms with van der Waals surface area (Å²) in [5.74, 6) is 0.590. The fraction of sp³-hybridized carbons (Fsp3) is 0.467. The molecule has 0 saturated carbocycles. The standard InChI is InChI=1S/C15H17N3O2S/c1-8-7-20-15(16-8)13-5-4-12(21-13)14(19)18-11-6-9-2-3-10(11)17-9/h4-5,7,9-11,17H,2-3,6H2,1H3,(H,18,19). The van der Waals surface area contributed by atoms with Crippen LogP contribution < -0.4 is 10.6 Å². The van der Waals surface area contributed by atoms with E-state index in [9.17, 15) is 4.79 Å². The van der Waals surface area contributed by atoms with Gasteiger partial charge in [-0.3, -0.25) is 4.79 Å². The normalized spacial score (nSPS) is 27.2. The Bertz CT molecular complexity index is 678. The van der Waals surface area contributed by atoms with E-state index in [0.29, 0.717) is 22.9 Å². The van der Waals surface area contributed by atoms with Crippen molar-refractivity contribution in [2.45, 2.75) is 44.3 Å². The first-order chi connectivity index (χ1) is 10.2. The predicted molar refractivity (Wildman–Crippen MR) is 80.4 cm³/mol. The van der Waals surface area contributed by atoms with E-state index in [1.807, 2.05) is 19.1 Å². The summed E-state index contributed by atoms with van der Waals surface area (Å²) >= 11 is 1.42. The van der Waals surface area contributed by atoms with Gasteiger partial charge in [0.2, 0.25) is 5.89 Å². The minimum absolute atomic E-state index is 0.00822. The SMILES string of the molecule is Cc1coc(-c2ccc(C(=O)NC3CC4CCC3N4)s2)n1. The monoisotopic (exact) mass is 303 g/mol. The van der Waals surface area contributed by atoms with Crippen LogP contribution in [0.25, 0.3) is 10.8 Å². The van der Waals surface area contributed by atoms with Crippen molar-refractivity contribution in [3.63, 3.8) is 0 Å². The number of rotatable bonds is 3. The molecule has 1 amide bonds. The highest BCUT2D eigenvalue weighted by atomic mass is 32.1. The first kappa shape index (κ1) is 13.0. The minimum atomic E-state index is 0.00822. The molecule has 2 aliphatic rings. The van der Waals surface area contributed by atoms with Gasteiger partial charge in [0.15, 0.2) is 0 Å². The van der Waals surface area contributed by atoms with Gasteiger partial charge in [-0.15, -0.1) is 11.3 Å². The molecule has 2 bridgehead atoms. The molecule has 6 heteroatoms. The number of aromatic nitrogens is 1. The summed E-state index contributed by atoms with van der Waals surface area (Å²) < 4.78 is 5.37. The summed E-state index contributed by atoms with van der Waals surface area (Å²) in [5.41, 5.74) is 0.845. The van der Waals surface area contributed by atoms with Crippen LogP contribution in [0.2, 0.25) is 0 Å². The molecule has 4 heterocycles. The molecule has 2 saturated heterocycles. The van der Waals surface area contributed by atoms with Crippen molar-refractivity contribution in [1.82, 2.24) is 15.6 Å². The number of thiophene rings is 1. The summed E-state index contributed by atoms with van der Waals surface area (Å²) in [6.45, 7) is 1.89. The highest BCUT2D eigenvalue weighted by molar-refractivity contribution is 7.17. The Morgan fingerprint density at radius 2 is 2.38 bits per heavy atom. The molecule has 2 fully saturated rings. The zero-order valence-corrected chi connectivity index (χ0v) is 12.6. The average molecular weight is 303 g/mol. The number of amides is 1. The van der Waals surface area contributed by atoms with Gasteiger partial charge in [-0.1, -0.05) is 0 Å². The highest BCUT2D eigenvalue weighted by Crippen LogP contribution is 2.30. The number of hydrogen-bond acceptors (Lipinski definition) is 5. The minimum Gasteiger partial charge on any atom is -0.444 e. The van der Waals surface area contributed by atoms with Crippen molar-refractivity contribution in [2.24, 2.45) is 0 Å². The van der Waals surface area contributed by atoms with Crippen LogP contribution in [0.1, 0.15) is 34.6 Å². The fourth-order valence-corrected chi connectivity index (χ4v) is 4.11. The molecule has 0 radical (unpaired) electrons. The maximum Gasteiger partial charge on any atom is 0.261 e. The lowest BCUT2D eigenvalue weighted by molar-refractivity contribution is 0.0935. The first-order valence-corrected chi connectivity index (χ1v) is 8.10. The molecule has 110 valence electrons. The van der Waals surface area contributed by atoms with Gasteiger partial charge in [0.25, 0.3) is 5.91 Å². The van der Waals surface area contributed by atoms with E-state index >= 15 is 0 Å². The topological polar surface area (TPSA) is 67.2 Å². The Morgan fingerprint density at radius 3 is 3.05 bits per heavy atom. The van der Waals surface area contributed by atoms with E-state index in [1.165, 1.54) is 24.2 Å². The van der Waals surface area contributed by atoms with Crippen LogP contribution in [0.15, 0.2) is 22.8 Å². The summed E-state index contributed by atoms with van der Waals surface area (Å²) in [5, 5.41) is 6.69. The lowest BCUT2D eigenvalue weighted by atomic mass is 9.95. The molecule has 0 aliphatic carbocycles. The third-order valence-corrected chi connectivity index (χ3v) is 5.35. The summed E-state index contributed by atoms with van der Waals surface area (Å²) in [6.07, 6.45) is 5.08. The second kappa shape index (κ2) is 4.96. The van der Waals surface area contributed by atoms with E-state index in [2.05, 4.69) is 15.6 Å². The second-order valence-corrected chi connectivity index (χ2v) is 6.90. The molecule has 2 aliphatic heterocycles. The van der Waals surface area contributed by atoms with Crippen LogP contribution in [0.3, 0.4) is 0 Å². The molecule has 0 spiro atoms. The summed E-state index contributed by atoms with van der Waals surface area (Å²) in [4.78, 5) is 18.2. The fourth-order valence-electron chi connectivity index (χ4n) is 3.27. The first-order valence-electron chi connectivity index (χ1n) is 7.28. The zero-order chi connectivity index (χ0) is 14.4. The largest absolute Gasteiger partial charge is 0.444 e. The van der Waals surface area contributed by atoms with E-state index in [1.54, 1.807) is 6.26 Å². The number of fused-ring (bicyclic) bond motifs is 2. The van der Waals surface area contributed by atoms with Gasteiger partial charge >= 0.3 is 0 Å². The van der Waals surface area contributed by atoms with Gasteiger partial charge < -0.3 is 15.1 Å². The van der Waals surface area contributed by atoms with Crippen LogP contribution in [0.4, 0.5) is 0 Å². The van der Waals surface area contributed by atoms with Crippen molar-refractivity contribution in [3.8, 4) is 10.8 Å². The third-order valence-electron chi connectivity index (χ3n) is 4.28.